The summed E-state index contributed by atoms with van der Waals surface area (Å²) in [6.07, 6.45) is 9.50. The second kappa shape index (κ2) is 6.84. The SMILES string of the molecule is O=C(Cn1cccn1)NC1CCc2nnc(-c3cccnc3)n2CC1. The minimum atomic E-state index is -0.0150. The molecule has 3 aromatic heterocycles. The zero-order valence-corrected chi connectivity index (χ0v) is 13.7. The summed E-state index contributed by atoms with van der Waals surface area (Å²) in [5.41, 5.74) is 0.961. The quantitative estimate of drug-likeness (QED) is 0.769. The maximum atomic E-state index is 12.2. The number of rotatable bonds is 4. The monoisotopic (exact) mass is 337 g/mol. The summed E-state index contributed by atoms with van der Waals surface area (Å²) < 4.78 is 3.76. The molecule has 0 aromatic carbocycles. The van der Waals surface area contributed by atoms with Gasteiger partial charge in [-0.1, -0.05) is 0 Å². The van der Waals surface area contributed by atoms with Crippen molar-refractivity contribution < 1.29 is 4.79 Å². The molecule has 0 saturated heterocycles. The van der Waals surface area contributed by atoms with Gasteiger partial charge in [0.2, 0.25) is 5.91 Å². The van der Waals surface area contributed by atoms with Crippen molar-refractivity contribution in [3.05, 3.63) is 48.8 Å². The Labute approximate surface area is 144 Å². The van der Waals surface area contributed by atoms with Gasteiger partial charge in [0.1, 0.15) is 12.4 Å². The zero-order chi connectivity index (χ0) is 17.1. The maximum absolute atomic E-state index is 12.2. The van der Waals surface area contributed by atoms with E-state index in [1.165, 1.54) is 0 Å². The summed E-state index contributed by atoms with van der Waals surface area (Å²) in [4.78, 5) is 16.3. The highest BCUT2D eigenvalue weighted by atomic mass is 16.2. The minimum Gasteiger partial charge on any atom is -0.352 e. The largest absolute Gasteiger partial charge is 0.352 e. The number of aryl methyl sites for hydroxylation is 1. The van der Waals surface area contributed by atoms with Gasteiger partial charge in [0.15, 0.2) is 5.82 Å². The summed E-state index contributed by atoms with van der Waals surface area (Å²) in [5.74, 6) is 1.79. The van der Waals surface area contributed by atoms with E-state index >= 15 is 0 Å². The van der Waals surface area contributed by atoms with Crippen LogP contribution in [0.3, 0.4) is 0 Å². The molecule has 4 heterocycles. The molecule has 1 unspecified atom stereocenters. The molecule has 25 heavy (non-hydrogen) atoms. The number of pyridine rings is 1. The Morgan fingerprint density at radius 1 is 1.24 bits per heavy atom. The van der Waals surface area contributed by atoms with Crippen LogP contribution in [0.15, 0.2) is 43.0 Å². The van der Waals surface area contributed by atoms with E-state index in [2.05, 4.69) is 30.2 Å². The van der Waals surface area contributed by atoms with Crippen molar-refractivity contribution in [1.29, 1.82) is 0 Å². The number of amides is 1. The van der Waals surface area contributed by atoms with Crippen LogP contribution >= 0.6 is 0 Å². The van der Waals surface area contributed by atoms with E-state index < -0.39 is 0 Å². The highest BCUT2D eigenvalue weighted by Crippen LogP contribution is 2.22. The molecular formula is C17H19N7O. The van der Waals surface area contributed by atoms with Crippen LogP contribution in [0.5, 0.6) is 0 Å². The molecule has 0 bridgehead atoms. The molecule has 0 aliphatic carbocycles. The number of hydrogen-bond acceptors (Lipinski definition) is 5. The highest BCUT2D eigenvalue weighted by Gasteiger charge is 2.22. The van der Waals surface area contributed by atoms with E-state index in [1.807, 2.05) is 18.2 Å². The lowest BCUT2D eigenvalue weighted by molar-refractivity contribution is -0.122. The van der Waals surface area contributed by atoms with E-state index in [0.717, 1.165) is 43.0 Å². The lowest BCUT2D eigenvalue weighted by Crippen LogP contribution is -2.37. The van der Waals surface area contributed by atoms with Crippen molar-refractivity contribution in [2.45, 2.75) is 38.4 Å². The van der Waals surface area contributed by atoms with Gasteiger partial charge in [0.25, 0.3) is 0 Å². The Balaban J connectivity index is 1.42. The average molecular weight is 337 g/mol. The smallest absolute Gasteiger partial charge is 0.241 e. The molecule has 128 valence electrons. The van der Waals surface area contributed by atoms with Gasteiger partial charge in [0.05, 0.1) is 0 Å². The molecule has 4 rings (SSSR count). The van der Waals surface area contributed by atoms with Crippen molar-refractivity contribution in [1.82, 2.24) is 34.8 Å². The molecule has 1 amide bonds. The predicted molar refractivity (Wildman–Crippen MR) is 90.3 cm³/mol. The molecule has 1 atom stereocenters. The van der Waals surface area contributed by atoms with Crippen LogP contribution in [-0.2, 0) is 24.3 Å². The zero-order valence-electron chi connectivity index (χ0n) is 13.7. The Morgan fingerprint density at radius 2 is 2.20 bits per heavy atom. The normalized spacial score (nSPS) is 16.9. The first-order valence-electron chi connectivity index (χ1n) is 8.39. The molecule has 8 heteroatoms. The summed E-state index contributed by atoms with van der Waals surface area (Å²) in [5, 5.41) is 15.8. The molecule has 1 aliphatic rings. The summed E-state index contributed by atoms with van der Waals surface area (Å²) in [6, 6.07) is 5.82. The minimum absolute atomic E-state index is 0.0150. The second-order valence-electron chi connectivity index (χ2n) is 6.13. The fraction of sp³-hybridized carbons (Fsp3) is 0.353. The number of hydrogen-bond donors (Lipinski definition) is 1. The third-order valence-electron chi connectivity index (χ3n) is 4.39. The van der Waals surface area contributed by atoms with Crippen LogP contribution in [0.2, 0.25) is 0 Å². The summed E-state index contributed by atoms with van der Waals surface area (Å²) in [7, 11) is 0. The molecule has 1 aliphatic heterocycles. The number of nitrogens with one attached hydrogen (secondary N) is 1. The van der Waals surface area contributed by atoms with Gasteiger partial charge in [-0.2, -0.15) is 5.10 Å². The Kier molecular flexibility index (Phi) is 4.24. The standard InChI is InChI=1S/C17H19N7O/c25-16(12-23-9-2-8-19-23)20-14-4-5-15-21-22-17(24(15)10-6-14)13-3-1-7-18-11-13/h1-3,7-9,11,14H,4-6,10,12H2,(H,20,25). The Morgan fingerprint density at radius 3 is 3.00 bits per heavy atom. The van der Waals surface area contributed by atoms with E-state index in [9.17, 15) is 4.79 Å². The molecule has 1 N–H and O–H groups in total. The topological polar surface area (TPSA) is 90.5 Å². The van der Waals surface area contributed by atoms with E-state index in [1.54, 1.807) is 29.5 Å². The lowest BCUT2D eigenvalue weighted by atomic mass is 10.1. The van der Waals surface area contributed by atoms with Crippen molar-refractivity contribution >= 4 is 5.91 Å². The van der Waals surface area contributed by atoms with Crippen molar-refractivity contribution in [2.75, 3.05) is 0 Å². The summed E-state index contributed by atoms with van der Waals surface area (Å²) >= 11 is 0. The molecule has 8 nitrogen and oxygen atoms in total. The molecule has 0 fully saturated rings. The molecular weight excluding hydrogens is 318 g/mol. The van der Waals surface area contributed by atoms with Crippen LogP contribution < -0.4 is 5.32 Å². The average Bonchev–Trinajstić information content (AvgIpc) is 3.23. The maximum Gasteiger partial charge on any atom is 0.241 e. The first-order chi connectivity index (χ1) is 12.3. The van der Waals surface area contributed by atoms with Gasteiger partial charge in [-0.05, 0) is 31.0 Å². The molecule has 3 aromatic rings. The van der Waals surface area contributed by atoms with Crippen LogP contribution in [0.1, 0.15) is 18.7 Å². The Bertz CT molecular complexity index is 841. The van der Waals surface area contributed by atoms with Gasteiger partial charge >= 0.3 is 0 Å². The van der Waals surface area contributed by atoms with Crippen LogP contribution in [0, 0.1) is 0 Å². The first-order valence-corrected chi connectivity index (χ1v) is 8.39. The van der Waals surface area contributed by atoms with E-state index in [0.29, 0.717) is 0 Å². The van der Waals surface area contributed by atoms with Crippen molar-refractivity contribution in [2.24, 2.45) is 0 Å². The fourth-order valence-corrected chi connectivity index (χ4v) is 3.16. The van der Waals surface area contributed by atoms with Crippen LogP contribution in [0.25, 0.3) is 11.4 Å². The number of nitrogens with zero attached hydrogens (tertiary/aromatic N) is 6. The predicted octanol–water partition coefficient (Wildman–Crippen LogP) is 1.06. The van der Waals surface area contributed by atoms with Gasteiger partial charge in [-0.15, -0.1) is 10.2 Å². The van der Waals surface area contributed by atoms with Gasteiger partial charge in [-0.25, -0.2) is 0 Å². The third-order valence-corrected chi connectivity index (χ3v) is 4.39. The lowest BCUT2D eigenvalue weighted by Gasteiger charge is -2.16. The molecule has 0 saturated carbocycles. The molecule has 0 spiro atoms. The second-order valence-corrected chi connectivity index (χ2v) is 6.13. The van der Waals surface area contributed by atoms with Crippen molar-refractivity contribution in [3.8, 4) is 11.4 Å². The summed E-state index contributed by atoms with van der Waals surface area (Å²) in [6.45, 7) is 1.02. The van der Waals surface area contributed by atoms with Gasteiger partial charge in [-0.3, -0.25) is 14.5 Å². The number of carbonyl (C=O) groups is 1. The number of carbonyl (C=O) groups excluding carboxylic acids is 1. The third kappa shape index (κ3) is 3.42. The number of aromatic nitrogens is 6. The fourth-order valence-electron chi connectivity index (χ4n) is 3.16. The van der Waals surface area contributed by atoms with Crippen LogP contribution in [0.4, 0.5) is 0 Å². The molecule has 0 radical (unpaired) electrons. The number of fused-ring (bicyclic) bond motifs is 1. The Hall–Kier alpha value is -3.03. The van der Waals surface area contributed by atoms with Crippen LogP contribution in [-0.4, -0.2) is 41.5 Å². The van der Waals surface area contributed by atoms with E-state index in [-0.39, 0.29) is 18.5 Å². The van der Waals surface area contributed by atoms with Crippen molar-refractivity contribution in [3.63, 3.8) is 0 Å². The van der Waals surface area contributed by atoms with Gasteiger partial charge < -0.3 is 9.88 Å². The highest BCUT2D eigenvalue weighted by molar-refractivity contribution is 5.75. The van der Waals surface area contributed by atoms with Gasteiger partial charge in [0, 0.05) is 49.4 Å². The van der Waals surface area contributed by atoms with E-state index in [4.69, 9.17) is 0 Å². The first kappa shape index (κ1) is 15.5.